The Morgan fingerprint density at radius 1 is 0.882 bits per heavy atom. The highest BCUT2D eigenvalue weighted by Crippen LogP contribution is 2.13. The first-order chi connectivity index (χ1) is 8.36. The molecule has 1 nitrogen and oxygen atoms in total. The fourth-order valence-corrected chi connectivity index (χ4v) is 2.39. The first-order valence-electron chi connectivity index (χ1n) is 5.62. The molecule has 0 heterocycles. The van der Waals surface area contributed by atoms with E-state index in [9.17, 15) is 4.79 Å². The van der Waals surface area contributed by atoms with Crippen molar-refractivity contribution in [1.29, 1.82) is 0 Å². The van der Waals surface area contributed by atoms with Crippen molar-refractivity contribution in [3.63, 3.8) is 0 Å². The minimum absolute atomic E-state index is 0.154. The summed E-state index contributed by atoms with van der Waals surface area (Å²) < 4.78 is 0. The number of thioether (sulfide) groups is 1. The zero-order valence-electron chi connectivity index (χ0n) is 9.50. The van der Waals surface area contributed by atoms with Crippen molar-refractivity contribution in [2.75, 3.05) is 5.75 Å². The molecule has 2 rings (SSSR count). The van der Waals surface area contributed by atoms with Crippen LogP contribution in [0.1, 0.15) is 15.9 Å². The molecular formula is C15H14OS. The van der Waals surface area contributed by atoms with Gasteiger partial charge in [-0.25, -0.2) is 0 Å². The molecule has 0 radical (unpaired) electrons. The highest BCUT2D eigenvalue weighted by molar-refractivity contribution is 8.14. The number of rotatable bonds is 4. The Hall–Kier alpha value is -1.54. The molecule has 0 N–H and O–H groups in total. The Morgan fingerprint density at radius 3 is 2.12 bits per heavy atom. The maximum Gasteiger partial charge on any atom is 0.219 e. The van der Waals surface area contributed by atoms with Crippen molar-refractivity contribution in [2.45, 2.75) is 6.42 Å². The van der Waals surface area contributed by atoms with E-state index in [0.717, 1.165) is 17.7 Å². The Bertz CT molecular complexity index is 465. The summed E-state index contributed by atoms with van der Waals surface area (Å²) in [7, 11) is 0. The van der Waals surface area contributed by atoms with E-state index in [0.29, 0.717) is 0 Å². The number of hydrogen-bond donors (Lipinski definition) is 0. The molecule has 0 spiro atoms. The molecule has 0 aliphatic rings. The van der Waals surface area contributed by atoms with E-state index in [1.54, 1.807) is 0 Å². The summed E-state index contributed by atoms with van der Waals surface area (Å²) in [6.45, 7) is 0. The van der Waals surface area contributed by atoms with Crippen LogP contribution in [0.2, 0.25) is 0 Å². The van der Waals surface area contributed by atoms with Gasteiger partial charge in [0.05, 0.1) is 0 Å². The Morgan fingerprint density at radius 2 is 1.47 bits per heavy atom. The van der Waals surface area contributed by atoms with Crippen LogP contribution in [0.25, 0.3) is 0 Å². The van der Waals surface area contributed by atoms with Crippen molar-refractivity contribution in [3.05, 3.63) is 71.8 Å². The SMILES string of the molecule is O=C(SCCc1ccccc1)c1ccccc1. The normalized spacial score (nSPS) is 10.1. The number of hydrogen-bond acceptors (Lipinski definition) is 2. The van der Waals surface area contributed by atoms with Crippen LogP contribution in [0.3, 0.4) is 0 Å². The zero-order chi connectivity index (χ0) is 11.9. The first kappa shape index (κ1) is 11.9. The lowest BCUT2D eigenvalue weighted by molar-refractivity contribution is 0.108. The summed E-state index contributed by atoms with van der Waals surface area (Å²) in [5.74, 6) is 0.831. The molecule has 86 valence electrons. The van der Waals surface area contributed by atoms with Crippen LogP contribution < -0.4 is 0 Å². The lowest BCUT2D eigenvalue weighted by atomic mass is 10.2. The summed E-state index contributed by atoms with van der Waals surface area (Å²) in [6.07, 6.45) is 0.935. The molecule has 2 aromatic carbocycles. The molecule has 0 unspecified atom stereocenters. The number of aryl methyl sites for hydroxylation is 1. The molecular weight excluding hydrogens is 228 g/mol. The summed E-state index contributed by atoms with van der Waals surface area (Å²) in [6, 6.07) is 19.7. The van der Waals surface area contributed by atoms with Gasteiger partial charge in [0.25, 0.3) is 0 Å². The van der Waals surface area contributed by atoms with Crippen LogP contribution in [0.15, 0.2) is 60.7 Å². The molecule has 0 aliphatic carbocycles. The average molecular weight is 242 g/mol. The van der Waals surface area contributed by atoms with E-state index in [4.69, 9.17) is 0 Å². The summed E-state index contributed by atoms with van der Waals surface area (Å²) in [5.41, 5.74) is 2.06. The van der Waals surface area contributed by atoms with Gasteiger partial charge in [-0.15, -0.1) is 0 Å². The van der Waals surface area contributed by atoms with Crippen LogP contribution in [0, 0.1) is 0 Å². The van der Waals surface area contributed by atoms with Gasteiger partial charge in [0.2, 0.25) is 5.12 Å². The molecule has 2 aromatic rings. The third-order valence-corrected chi connectivity index (χ3v) is 3.38. The quantitative estimate of drug-likeness (QED) is 0.811. The van der Waals surface area contributed by atoms with Gasteiger partial charge in [-0.2, -0.15) is 0 Å². The van der Waals surface area contributed by atoms with Gasteiger partial charge in [0, 0.05) is 11.3 Å². The van der Waals surface area contributed by atoms with Crippen molar-refractivity contribution >= 4 is 16.9 Å². The highest BCUT2D eigenvalue weighted by Gasteiger charge is 2.04. The molecule has 2 heteroatoms. The molecule has 0 saturated carbocycles. The maximum absolute atomic E-state index is 11.8. The van der Waals surface area contributed by atoms with Crippen LogP contribution in [0.4, 0.5) is 0 Å². The Labute approximate surface area is 106 Å². The topological polar surface area (TPSA) is 17.1 Å². The Kier molecular flexibility index (Phi) is 4.39. The van der Waals surface area contributed by atoms with Crippen LogP contribution in [-0.4, -0.2) is 10.9 Å². The minimum Gasteiger partial charge on any atom is -0.282 e. The van der Waals surface area contributed by atoms with E-state index in [1.807, 2.05) is 48.5 Å². The smallest absolute Gasteiger partial charge is 0.219 e. The Balaban J connectivity index is 1.82. The lowest BCUT2D eigenvalue weighted by Crippen LogP contribution is -1.96. The number of benzene rings is 2. The van der Waals surface area contributed by atoms with Gasteiger partial charge in [-0.05, 0) is 12.0 Å². The maximum atomic E-state index is 11.8. The fourth-order valence-electron chi connectivity index (χ4n) is 1.56. The first-order valence-corrected chi connectivity index (χ1v) is 6.61. The number of carbonyl (C=O) groups is 1. The zero-order valence-corrected chi connectivity index (χ0v) is 10.3. The van der Waals surface area contributed by atoms with Crippen molar-refractivity contribution < 1.29 is 4.79 Å². The minimum atomic E-state index is 0.154. The molecule has 0 fully saturated rings. The van der Waals surface area contributed by atoms with E-state index >= 15 is 0 Å². The fraction of sp³-hybridized carbons (Fsp3) is 0.133. The summed E-state index contributed by atoms with van der Waals surface area (Å²) in [4.78, 5) is 11.8. The van der Waals surface area contributed by atoms with Gasteiger partial charge < -0.3 is 0 Å². The molecule has 17 heavy (non-hydrogen) atoms. The van der Waals surface area contributed by atoms with Crippen LogP contribution in [-0.2, 0) is 6.42 Å². The van der Waals surface area contributed by atoms with Crippen LogP contribution >= 0.6 is 11.8 Å². The monoisotopic (exact) mass is 242 g/mol. The van der Waals surface area contributed by atoms with Crippen molar-refractivity contribution in [2.24, 2.45) is 0 Å². The third kappa shape index (κ3) is 3.75. The van der Waals surface area contributed by atoms with Crippen molar-refractivity contribution in [3.8, 4) is 0 Å². The van der Waals surface area contributed by atoms with E-state index in [-0.39, 0.29) is 5.12 Å². The predicted octanol–water partition coefficient (Wildman–Crippen LogP) is 3.80. The lowest BCUT2D eigenvalue weighted by Gasteiger charge is -2.01. The second-order valence-corrected chi connectivity index (χ2v) is 4.81. The average Bonchev–Trinajstić information content (AvgIpc) is 2.41. The molecule has 0 aliphatic heterocycles. The van der Waals surface area contributed by atoms with E-state index < -0.39 is 0 Å². The van der Waals surface area contributed by atoms with Gasteiger partial charge in [0.15, 0.2) is 0 Å². The molecule has 0 amide bonds. The molecule has 0 saturated heterocycles. The second-order valence-electron chi connectivity index (χ2n) is 3.74. The van der Waals surface area contributed by atoms with Gasteiger partial charge in [-0.3, -0.25) is 4.79 Å². The third-order valence-electron chi connectivity index (χ3n) is 2.48. The van der Waals surface area contributed by atoms with Crippen molar-refractivity contribution in [1.82, 2.24) is 0 Å². The number of carbonyl (C=O) groups excluding carboxylic acids is 1. The van der Waals surface area contributed by atoms with Gasteiger partial charge in [0.1, 0.15) is 0 Å². The molecule has 0 atom stereocenters. The van der Waals surface area contributed by atoms with E-state index in [1.165, 1.54) is 17.3 Å². The predicted molar refractivity (Wildman–Crippen MR) is 73.4 cm³/mol. The summed E-state index contributed by atoms with van der Waals surface area (Å²) >= 11 is 1.39. The van der Waals surface area contributed by atoms with Crippen LogP contribution in [0.5, 0.6) is 0 Å². The second kappa shape index (κ2) is 6.26. The van der Waals surface area contributed by atoms with Gasteiger partial charge in [-0.1, -0.05) is 72.4 Å². The molecule has 0 bridgehead atoms. The highest BCUT2D eigenvalue weighted by atomic mass is 32.2. The van der Waals surface area contributed by atoms with Gasteiger partial charge >= 0.3 is 0 Å². The summed E-state index contributed by atoms with van der Waals surface area (Å²) in [5, 5.41) is 0.154. The molecule has 0 aromatic heterocycles. The largest absolute Gasteiger partial charge is 0.282 e. The van der Waals surface area contributed by atoms with E-state index in [2.05, 4.69) is 12.1 Å². The standard InChI is InChI=1S/C15H14OS/c16-15(14-9-5-2-6-10-14)17-12-11-13-7-3-1-4-8-13/h1-10H,11-12H2.